The lowest BCUT2D eigenvalue weighted by Gasteiger charge is -2.06. The van der Waals surface area contributed by atoms with E-state index in [2.05, 4.69) is 20.9 Å². The van der Waals surface area contributed by atoms with Crippen LogP contribution in [0.3, 0.4) is 0 Å². The van der Waals surface area contributed by atoms with E-state index < -0.39 is 0 Å². The number of nitrogens with one attached hydrogen (secondary N) is 2. The van der Waals surface area contributed by atoms with Gasteiger partial charge >= 0.3 is 0 Å². The third kappa shape index (κ3) is 4.56. The van der Waals surface area contributed by atoms with Crippen LogP contribution in [0.25, 0.3) is 5.69 Å². The van der Waals surface area contributed by atoms with Gasteiger partial charge < -0.3 is 10.1 Å². The predicted octanol–water partition coefficient (Wildman–Crippen LogP) is 3.06. The van der Waals surface area contributed by atoms with Gasteiger partial charge in [-0.1, -0.05) is 18.2 Å². The van der Waals surface area contributed by atoms with Gasteiger partial charge in [0, 0.05) is 11.3 Å². The Kier molecular flexibility index (Phi) is 6.06. The van der Waals surface area contributed by atoms with Crippen molar-refractivity contribution >= 4 is 17.8 Å². The topological polar surface area (TPSA) is 80.5 Å². The predicted molar refractivity (Wildman–Crippen MR) is 110 cm³/mol. The van der Waals surface area contributed by atoms with Crippen LogP contribution in [0.5, 0.6) is 5.75 Å². The quantitative estimate of drug-likeness (QED) is 0.490. The summed E-state index contributed by atoms with van der Waals surface area (Å²) in [6, 6.07) is 17.2. The summed E-state index contributed by atoms with van der Waals surface area (Å²) in [5.74, 6) is 0.527. The smallest absolute Gasteiger partial charge is 0.259 e. The molecule has 0 aliphatic rings. The SMILES string of the molecule is COc1ccc(NCC(=O)N/N=C\c2c(C)nn(-c3ccccc3)c2C)cc1. The first-order valence-electron chi connectivity index (χ1n) is 8.90. The van der Waals surface area contributed by atoms with E-state index in [1.54, 1.807) is 13.3 Å². The lowest BCUT2D eigenvalue weighted by molar-refractivity contribution is -0.119. The minimum absolute atomic E-state index is 0.116. The molecule has 0 radical (unpaired) electrons. The van der Waals surface area contributed by atoms with E-state index in [-0.39, 0.29) is 12.5 Å². The van der Waals surface area contributed by atoms with Crippen LogP contribution >= 0.6 is 0 Å². The zero-order chi connectivity index (χ0) is 19.9. The van der Waals surface area contributed by atoms with Crippen LogP contribution in [0.15, 0.2) is 59.7 Å². The van der Waals surface area contributed by atoms with Crippen LogP contribution in [0.2, 0.25) is 0 Å². The van der Waals surface area contributed by atoms with E-state index in [0.717, 1.165) is 34.1 Å². The highest BCUT2D eigenvalue weighted by Crippen LogP contribution is 2.16. The van der Waals surface area contributed by atoms with Gasteiger partial charge in [-0.2, -0.15) is 10.2 Å². The number of anilines is 1. The molecule has 7 nitrogen and oxygen atoms in total. The second kappa shape index (κ2) is 8.85. The van der Waals surface area contributed by atoms with Crippen LogP contribution in [0.1, 0.15) is 17.0 Å². The molecule has 0 bridgehead atoms. The molecule has 0 atom stereocenters. The van der Waals surface area contributed by atoms with Gasteiger partial charge in [0.25, 0.3) is 5.91 Å². The Balaban J connectivity index is 1.58. The van der Waals surface area contributed by atoms with Gasteiger partial charge in [-0.15, -0.1) is 0 Å². The van der Waals surface area contributed by atoms with Gasteiger partial charge in [-0.3, -0.25) is 4.79 Å². The lowest BCUT2D eigenvalue weighted by Crippen LogP contribution is -2.25. The van der Waals surface area contributed by atoms with Crippen molar-refractivity contribution in [2.75, 3.05) is 19.0 Å². The molecule has 0 aliphatic carbocycles. The number of hydrogen-bond acceptors (Lipinski definition) is 5. The molecule has 1 aromatic heterocycles. The van der Waals surface area contributed by atoms with Crippen LogP contribution in [0.4, 0.5) is 5.69 Å². The Morgan fingerprint density at radius 2 is 1.86 bits per heavy atom. The number of carbonyl (C=O) groups is 1. The van der Waals surface area contributed by atoms with E-state index in [0.29, 0.717) is 0 Å². The highest BCUT2D eigenvalue weighted by Gasteiger charge is 2.11. The van der Waals surface area contributed by atoms with Crippen LogP contribution < -0.4 is 15.5 Å². The number of rotatable bonds is 7. The second-order valence-corrected chi connectivity index (χ2v) is 6.21. The Labute approximate surface area is 164 Å². The van der Waals surface area contributed by atoms with Crippen molar-refractivity contribution in [3.05, 3.63) is 71.5 Å². The first-order valence-corrected chi connectivity index (χ1v) is 8.90. The Morgan fingerprint density at radius 1 is 1.14 bits per heavy atom. The number of hydrazone groups is 1. The van der Waals surface area contributed by atoms with E-state index >= 15 is 0 Å². The number of aryl methyl sites for hydroxylation is 1. The van der Waals surface area contributed by atoms with Crippen molar-refractivity contribution in [2.24, 2.45) is 5.10 Å². The Morgan fingerprint density at radius 3 is 2.54 bits per heavy atom. The third-order valence-electron chi connectivity index (χ3n) is 4.27. The number of hydrogen-bond donors (Lipinski definition) is 2. The minimum atomic E-state index is -0.238. The van der Waals surface area contributed by atoms with Gasteiger partial charge in [0.1, 0.15) is 5.75 Å². The molecule has 7 heteroatoms. The summed E-state index contributed by atoms with van der Waals surface area (Å²) in [6.45, 7) is 4.01. The van der Waals surface area contributed by atoms with Crippen LogP contribution in [-0.2, 0) is 4.79 Å². The fraction of sp³-hybridized carbons (Fsp3) is 0.190. The summed E-state index contributed by atoms with van der Waals surface area (Å²) < 4.78 is 6.97. The summed E-state index contributed by atoms with van der Waals surface area (Å²) in [6.07, 6.45) is 1.63. The summed E-state index contributed by atoms with van der Waals surface area (Å²) in [4.78, 5) is 12.0. The standard InChI is InChI=1S/C21H23N5O2/c1-15-20(16(2)26(25-15)18-7-5-4-6-8-18)13-23-24-21(27)14-22-17-9-11-19(28-3)12-10-17/h4-13,22H,14H2,1-3H3,(H,24,27)/b23-13-. The zero-order valence-corrected chi connectivity index (χ0v) is 16.1. The maximum absolute atomic E-state index is 12.0. The van der Waals surface area contributed by atoms with Crippen molar-refractivity contribution in [3.63, 3.8) is 0 Å². The van der Waals surface area contributed by atoms with Crippen molar-refractivity contribution in [3.8, 4) is 11.4 Å². The average molecular weight is 377 g/mol. The summed E-state index contributed by atoms with van der Waals surface area (Å²) in [7, 11) is 1.61. The molecular formula is C21H23N5O2. The first-order chi connectivity index (χ1) is 13.6. The molecule has 0 saturated carbocycles. The molecule has 0 saturated heterocycles. The van der Waals surface area contributed by atoms with Crippen LogP contribution in [0, 0.1) is 13.8 Å². The maximum atomic E-state index is 12.0. The summed E-state index contributed by atoms with van der Waals surface area (Å²) >= 11 is 0. The molecule has 0 fully saturated rings. The maximum Gasteiger partial charge on any atom is 0.259 e. The van der Waals surface area contributed by atoms with Crippen molar-refractivity contribution < 1.29 is 9.53 Å². The summed E-state index contributed by atoms with van der Waals surface area (Å²) in [5, 5.41) is 11.7. The number of carbonyl (C=O) groups excluding carboxylic acids is 1. The van der Waals surface area contributed by atoms with E-state index in [9.17, 15) is 4.79 Å². The summed E-state index contributed by atoms with van der Waals surface area (Å²) in [5.41, 5.74) is 7.03. The normalized spacial score (nSPS) is 10.8. The molecule has 0 spiro atoms. The molecular weight excluding hydrogens is 354 g/mol. The number of amides is 1. The Hall–Kier alpha value is -3.61. The van der Waals surface area contributed by atoms with Gasteiger partial charge in [0.15, 0.2) is 0 Å². The number of aromatic nitrogens is 2. The molecule has 2 aromatic carbocycles. The lowest BCUT2D eigenvalue weighted by atomic mass is 10.2. The number of ether oxygens (including phenoxy) is 1. The van der Waals surface area contributed by atoms with E-state index in [1.807, 2.05) is 73.1 Å². The van der Waals surface area contributed by atoms with Crippen molar-refractivity contribution in [1.82, 2.24) is 15.2 Å². The molecule has 0 unspecified atom stereocenters. The van der Waals surface area contributed by atoms with Crippen molar-refractivity contribution in [2.45, 2.75) is 13.8 Å². The number of benzene rings is 2. The monoisotopic (exact) mass is 377 g/mol. The third-order valence-corrected chi connectivity index (χ3v) is 4.27. The molecule has 1 amide bonds. The molecule has 3 rings (SSSR count). The second-order valence-electron chi connectivity index (χ2n) is 6.21. The minimum Gasteiger partial charge on any atom is -0.497 e. The van der Waals surface area contributed by atoms with Gasteiger partial charge in [0.2, 0.25) is 0 Å². The Bertz CT molecular complexity index is 962. The van der Waals surface area contributed by atoms with E-state index in [1.165, 1.54) is 0 Å². The molecule has 2 N–H and O–H groups in total. The number of methoxy groups -OCH3 is 1. The largest absolute Gasteiger partial charge is 0.497 e. The average Bonchev–Trinajstić information content (AvgIpc) is 3.01. The molecule has 28 heavy (non-hydrogen) atoms. The van der Waals surface area contributed by atoms with Crippen LogP contribution in [-0.4, -0.2) is 35.6 Å². The first kappa shape index (κ1) is 19.2. The molecule has 0 aliphatic heterocycles. The highest BCUT2D eigenvalue weighted by atomic mass is 16.5. The number of nitrogens with zero attached hydrogens (tertiary/aromatic N) is 3. The fourth-order valence-corrected chi connectivity index (χ4v) is 2.76. The van der Waals surface area contributed by atoms with Gasteiger partial charge in [-0.05, 0) is 50.2 Å². The van der Waals surface area contributed by atoms with E-state index in [4.69, 9.17) is 4.74 Å². The zero-order valence-electron chi connectivity index (χ0n) is 16.1. The van der Waals surface area contributed by atoms with Gasteiger partial charge in [-0.25, -0.2) is 10.1 Å². The molecule has 3 aromatic rings. The molecule has 1 heterocycles. The fourth-order valence-electron chi connectivity index (χ4n) is 2.76. The highest BCUT2D eigenvalue weighted by molar-refractivity contribution is 5.86. The molecule has 144 valence electrons. The number of para-hydroxylation sites is 1. The van der Waals surface area contributed by atoms with Gasteiger partial charge in [0.05, 0.1) is 36.9 Å². The van der Waals surface area contributed by atoms with Crippen molar-refractivity contribution in [1.29, 1.82) is 0 Å².